The van der Waals surface area contributed by atoms with Crippen molar-refractivity contribution in [2.75, 3.05) is 13.2 Å². The first kappa shape index (κ1) is 7.21. The van der Waals surface area contributed by atoms with E-state index in [0.29, 0.717) is 13.2 Å². The predicted molar refractivity (Wildman–Crippen MR) is 52.8 cm³/mol. The molecule has 2 heterocycles. The lowest BCUT2D eigenvalue weighted by Gasteiger charge is -2.18. The summed E-state index contributed by atoms with van der Waals surface area (Å²) >= 11 is 1.70. The van der Waals surface area contributed by atoms with Crippen molar-refractivity contribution in [1.82, 2.24) is 0 Å². The number of fused-ring (bicyclic) bond motifs is 3. The van der Waals surface area contributed by atoms with Gasteiger partial charge in [0.05, 0.1) is 4.70 Å². The fraction of sp³-hybridized carbons (Fsp3) is 0.200. The molecule has 0 atom stereocenters. The van der Waals surface area contributed by atoms with Crippen molar-refractivity contribution >= 4 is 21.4 Å². The molecule has 0 spiro atoms. The van der Waals surface area contributed by atoms with Gasteiger partial charge in [0.25, 0.3) is 0 Å². The zero-order valence-corrected chi connectivity index (χ0v) is 7.76. The van der Waals surface area contributed by atoms with E-state index in [2.05, 4.69) is 17.5 Å². The number of rotatable bonds is 0. The van der Waals surface area contributed by atoms with Crippen LogP contribution in [0.4, 0.5) is 0 Å². The average molecular weight is 192 g/mol. The van der Waals surface area contributed by atoms with Gasteiger partial charge in [0, 0.05) is 0 Å². The highest BCUT2D eigenvalue weighted by Crippen LogP contribution is 2.40. The molecule has 0 bridgehead atoms. The zero-order chi connectivity index (χ0) is 8.67. The SMILES string of the molecule is c1cc2ccc3c(c2s1)OCCO3. The molecule has 2 nitrogen and oxygen atoms in total. The summed E-state index contributed by atoms with van der Waals surface area (Å²) in [6.07, 6.45) is 0. The first-order valence-corrected chi connectivity index (χ1v) is 5.09. The van der Waals surface area contributed by atoms with Crippen molar-refractivity contribution in [3.8, 4) is 11.5 Å². The summed E-state index contributed by atoms with van der Waals surface area (Å²) in [7, 11) is 0. The van der Waals surface area contributed by atoms with Gasteiger partial charge in [-0.15, -0.1) is 11.3 Å². The van der Waals surface area contributed by atoms with Crippen molar-refractivity contribution in [3.63, 3.8) is 0 Å². The van der Waals surface area contributed by atoms with Gasteiger partial charge in [0.15, 0.2) is 11.5 Å². The molecule has 0 aliphatic carbocycles. The van der Waals surface area contributed by atoms with Gasteiger partial charge < -0.3 is 9.47 Å². The molecule has 1 aliphatic heterocycles. The lowest BCUT2D eigenvalue weighted by molar-refractivity contribution is 0.174. The minimum atomic E-state index is 0.657. The maximum atomic E-state index is 5.58. The summed E-state index contributed by atoms with van der Waals surface area (Å²) in [5.74, 6) is 1.79. The molecule has 66 valence electrons. The Morgan fingerprint density at radius 3 is 3.00 bits per heavy atom. The minimum absolute atomic E-state index is 0.657. The van der Waals surface area contributed by atoms with Crippen LogP contribution in [0.25, 0.3) is 10.1 Å². The second-order valence-corrected chi connectivity index (χ2v) is 3.84. The average Bonchev–Trinajstić information content (AvgIpc) is 2.65. The standard InChI is InChI=1S/C10H8O2S/c1-2-8-9(12-5-4-11-8)10-7(1)3-6-13-10/h1-3,6H,4-5H2. The van der Waals surface area contributed by atoms with Gasteiger partial charge in [-0.25, -0.2) is 0 Å². The number of ether oxygens (including phenoxy) is 2. The van der Waals surface area contributed by atoms with Crippen LogP contribution in [-0.2, 0) is 0 Å². The highest BCUT2D eigenvalue weighted by Gasteiger charge is 2.14. The Hall–Kier alpha value is -1.22. The lowest BCUT2D eigenvalue weighted by atomic mass is 10.2. The molecule has 0 unspecified atom stereocenters. The van der Waals surface area contributed by atoms with E-state index in [-0.39, 0.29) is 0 Å². The van der Waals surface area contributed by atoms with E-state index in [4.69, 9.17) is 9.47 Å². The van der Waals surface area contributed by atoms with Gasteiger partial charge in [-0.3, -0.25) is 0 Å². The van der Waals surface area contributed by atoms with Crippen LogP contribution in [0.1, 0.15) is 0 Å². The normalized spacial score (nSPS) is 14.8. The van der Waals surface area contributed by atoms with Crippen LogP contribution < -0.4 is 9.47 Å². The van der Waals surface area contributed by atoms with E-state index in [0.717, 1.165) is 11.5 Å². The number of hydrogen-bond donors (Lipinski definition) is 0. The van der Waals surface area contributed by atoms with Crippen LogP contribution in [0.5, 0.6) is 11.5 Å². The second-order valence-electron chi connectivity index (χ2n) is 2.93. The van der Waals surface area contributed by atoms with Crippen molar-refractivity contribution in [2.45, 2.75) is 0 Å². The molecule has 0 N–H and O–H groups in total. The summed E-state index contributed by atoms with van der Waals surface area (Å²) in [6.45, 7) is 1.31. The van der Waals surface area contributed by atoms with Crippen LogP contribution in [0.2, 0.25) is 0 Å². The molecular weight excluding hydrogens is 184 g/mol. The van der Waals surface area contributed by atoms with Crippen molar-refractivity contribution in [3.05, 3.63) is 23.6 Å². The first-order valence-electron chi connectivity index (χ1n) is 4.21. The van der Waals surface area contributed by atoms with Crippen LogP contribution in [0.15, 0.2) is 23.6 Å². The topological polar surface area (TPSA) is 18.5 Å². The summed E-state index contributed by atoms with van der Waals surface area (Å²) in [5, 5.41) is 3.30. The Labute approximate surface area is 79.7 Å². The molecule has 2 aromatic rings. The van der Waals surface area contributed by atoms with Crippen molar-refractivity contribution in [2.24, 2.45) is 0 Å². The van der Waals surface area contributed by atoms with Gasteiger partial charge in [0.2, 0.25) is 0 Å². The largest absolute Gasteiger partial charge is 0.486 e. The molecule has 3 rings (SSSR count). The maximum absolute atomic E-state index is 5.58. The fourth-order valence-electron chi connectivity index (χ4n) is 1.53. The molecule has 3 heteroatoms. The molecule has 0 saturated heterocycles. The molecule has 0 radical (unpaired) electrons. The number of hydrogen-bond acceptors (Lipinski definition) is 3. The Bertz CT molecular complexity index is 447. The van der Waals surface area contributed by atoms with E-state index >= 15 is 0 Å². The maximum Gasteiger partial charge on any atom is 0.179 e. The third-order valence-electron chi connectivity index (χ3n) is 2.13. The van der Waals surface area contributed by atoms with Crippen molar-refractivity contribution < 1.29 is 9.47 Å². The zero-order valence-electron chi connectivity index (χ0n) is 6.95. The van der Waals surface area contributed by atoms with Crippen molar-refractivity contribution in [1.29, 1.82) is 0 Å². The summed E-state index contributed by atoms with van der Waals surface area (Å²) in [5.41, 5.74) is 0. The molecule has 1 aromatic heterocycles. The number of thiophene rings is 1. The highest BCUT2D eigenvalue weighted by molar-refractivity contribution is 7.17. The molecule has 13 heavy (non-hydrogen) atoms. The smallest absolute Gasteiger partial charge is 0.179 e. The third-order valence-corrected chi connectivity index (χ3v) is 3.06. The van der Waals surface area contributed by atoms with E-state index in [1.165, 1.54) is 10.1 Å². The van der Waals surface area contributed by atoms with E-state index < -0.39 is 0 Å². The molecule has 1 aliphatic rings. The number of benzene rings is 1. The van der Waals surface area contributed by atoms with E-state index in [9.17, 15) is 0 Å². The quantitative estimate of drug-likeness (QED) is 0.639. The highest BCUT2D eigenvalue weighted by atomic mass is 32.1. The Morgan fingerprint density at radius 1 is 1.08 bits per heavy atom. The van der Waals surface area contributed by atoms with Crippen LogP contribution in [0.3, 0.4) is 0 Å². The molecule has 0 saturated carbocycles. The summed E-state index contributed by atoms with van der Waals surface area (Å²) in [4.78, 5) is 0. The summed E-state index contributed by atoms with van der Waals surface area (Å²) in [6, 6.07) is 6.14. The lowest BCUT2D eigenvalue weighted by Crippen LogP contribution is -2.15. The molecule has 1 aromatic carbocycles. The first-order chi connectivity index (χ1) is 6.45. The monoisotopic (exact) mass is 192 g/mol. The van der Waals surface area contributed by atoms with Gasteiger partial charge in [-0.05, 0) is 29.0 Å². The second kappa shape index (κ2) is 2.64. The third kappa shape index (κ3) is 1.00. The van der Waals surface area contributed by atoms with Gasteiger partial charge in [-0.1, -0.05) is 0 Å². The van der Waals surface area contributed by atoms with Crippen LogP contribution in [0, 0.1) is 0 Å². The Morgan fingerprint density at radius 2 is 2.00 bits per heavy atom. The minimum Gasteiger partial charge on any atom is -0.486 e. The molecule has 0 fully saturated rings. The van der Waals surface area contributed by atoms with Gasteiger partial charge in [-0.2, -0.15) is 0 Å². The van der Waals surface area contributed by atoms with Crippen LogP contribution in [-0.4, -0.2) is 13.2 Å². The fourth-order valence-corrected chi connectivity index (χ4v) is 2.42. The van der Waals surface area contributed by atoms with E-state index in [1.807, 2.05) is 6.07 Å². The Balaban J connectivity index is 2.34. The molecular formula is C10H8O2S. The van der Waals surface area contributed by atoms with Crippen LogP contribution >= 0.6 is 11.3 Å². The van der Waals surface area contributed by atoms with Gasteiger partial charge in [0.1, 0.15) is 13.2 Å². The van der Waals surface area contributed by atoms with E-state index in [1.54, 1.807) is 11.3 Å². The summed E-state index contributed by atoms with van der Waals surface area (Å²) < 4.78 is 12.3. The Kier molecular flexibility index (Phi) is 1.46. The molecule has 0 amide bonds. The predicted octanol–water partition coefficient (Wildman–Crippen LogP) is 2.67. The van der Waals surface area contributed by atoms with Gasteiger partial charge >= 0.3 is 0 Å².